The third kappa shape index (κ3) is 3.59. The number of ether oxygens (including phenoxy) is 1. The second kappa shape index (κ2) is 7.28. The molecule has 0 spiro atoms. The van der Waals surface area contributed by atoms with Crippen LogP contribution in [0.25, 0.3) is 20.7 Å². The molecule has 0 amide bonds. The first-order valence-electron chi connectivity index (χ1n) is 8.19. The average molecular weight is 384 g/mol. The fourth-order valence-corrected chi connectivity index (χ4v) is 3.84. The van der Waals surface area contributed by atoms with Gasteiger partial charge in [-0.2, -0.15) is 8.78 Å². The Balaban J connectivity index is 1.72. The number of hydrogen-bond donors (Lipinski definition) is 0. The van der Waals surface area contributed by atoms with Gasteiger partial charge < -0.3 is 4.74 Å². The van der Waals surface area contributed by atoms with Crippen LogP contribution in [0.4, 0.5) is 8.78 Å². The maximum absolute atomic E-state index is 12.9. The van der Waals surface area contributed by atoms with E-state index in [4.69, 9.17) is 0 Å². The van der Waals surface area contributed by atoms with E-state index in [1.54, 1.807) is 18.2 Å². The third-order valence-electron chi connectivity index (χ3n) is 4.11. The van der Waals surface area contributed by atoms with E-state index in [9.17, 15) is 13.6 Å². The van der Waals surface area contributed by atoms with Gasteiger partial charge in [-0.3, -0.25) is 9.36 Å². The summed E-state index contributed by atoms with van der Waals surface area (Å²) in [6.07, 6.45) is 1.44. The molecule has 0 saturated carbocycles. The largest absolute Gasteiger partial charge is 0.434 e. The summed E-state index contributed by atoms with van der Waals surface area (Å²) in [6, 6.07) is 18.0. The molecule has 0 bridgehead atoms. The first kappa shape index (κ1) is 17.4. The number of halogens is 2. The van der Waals surface area contributed by atoms with Gasteiger partial charge in [0.15, 0.2) is 0 Å². The van der Waals surface area contributed by atoms with Crippen LogP contribution in [0, 0.1) is 0 Å². The molecule has 27 heavy (non-hydrogen) atoms. The van der Waals surface area contributed by atoms with Crippen molar-refractivity contribution < 1.29 is 13.5 Å². The van der Waals surface area contributed by atoms with Gasteiger partial charge in [0, 0.05) is 10.4 Å². The van der Waals surface area contributed by atoms with Gasteiger partial charge >= 0.3 is 6.61 Å². The van der Waals surface area contributed by atoms with Crippen molar-refractivity contribution in [2.24, 2.45) is 0 Å². The van der Waals surface area contributed by atoms with Crippen molar-refractivity contribution in [1.29, 1.82) is 0 Å². The predicted molar refractivity (Wildman–Crippen MR) is 101 cm³/mol. The Morgan fingerprint density at radius 1 is 1.07 bits per heavy atom. The maximum atomic E-state index is 12.9. The summed E-state index contributed by atoms with van der Waals surface area (Å²) in [5.74, 6) is 0.0507. The normalized spacial score (nSPS) is 11.2. The van der Waals surface area contributed by atoms with Crippen molar-refractivity contribution in [3.05, 3.63) is 82.9 Å². The quantitative estimate of drug-likeness (QED) is 0.498. The molecule has 0 aliphatic rings. The minimum atomic E-state index is -2.92. The van der Waals surface area contributed by atoms with Gasteiger partial charge in [-0.1, -0.05) is 48.5 Å². The van der Waals surface area contributed by atoms with Crippen molar-refractivity contribution in [1.82, 2.24) is 9.55 Å². The Bertz CT molecular complexity index is 1140. The van der Waals surface area contributed by atoms with Crippen molar-refractivity contribution in [3.8, 4) is 16.2 Å². The Morgan fingerprint density at radius 3 is 2.59 bits per heavy atom. The summed E-state index contributed by atoms with van der Waals surface area (Å²) >= 11 is 1.44. The number of aromatic nitrogens is 2. The number of nitrogens with zero attached hydrogens (tertiary/aromatic N) is 2. The second-order valence-electron chi connectivity index (χ2n) is 5.86. The summed E-state index contributed by atoms with van der Waals surface area (Å²) in [5.41, 5.74) is 1.28. The highest BCUT2D eigenvalue weighted by molar-refractivity contribution is 7.21. The summed E-state index contributed by atoms with van der Waals surface area (Å²) in [6.45, 7) is -2.82. The SMILES string of the molecule is O=c1c2cc(-c3ccccc3)sc2ncn1Cc1ccccc1OC(F)F. The van der Waals surface area contributed by atoms with Gasteiger partial charge in [0.2, 0.25) is 0 Å². The fraction of sp³-hybridized carbons (Fsp3) is 0.100. The van der Waals surface area contributed by atoms with E-state index < -0.39 is 6.61 Å². The van der Waals surface area contributed by atoms with E-state index >= 15 is 0 Å². The van der Waals surface area contributed by atoms with Crippen LogP contribution in [0.15, 0.2) is 71.8 Å². The Labute approximate surface area is 157 Å². The maximum Gasteiger partial charge on any atom is 0.387 e. The Morgan fingerprint density at radius 2 is 1.81 bits per heavy atom. The molecule has 4 rings (SSSR count). The lowest BCUT2D eigenvalue weighted by molar-refractivity contribution is -0.0504. The lowest BCUT2D eigenvalue weighted by atomic mass is 10.2. The molecule has 4 aromatic rings. The molecule has 4 nitrogen and oxygen atoms in total. The van der Waals surface area contributed by atoms with Crippen molar-refractivity contribution in [2.75, 3.05) is 0 Å². The first-order chi connectivity index (χ1) is 13.1. The summed E-state index contributed by atoms with van der Waals surface area (Å²) in [4.78, 5) is 18.8. The smallest absolute Gasteiger partial charge is 0.387 e. The summed E-state index contributed by atoms with van der Waals surface area (Å²) in [5, 5.41) is 0.508. The van der Waals surface area contributed by atoms with Gasteiger partial charge in [-0.15, -0.1) is 11.3 Å². The standard InChI is InChI=1S/C20H14F2N2O2S/c21-20(22)26-16-9-5-4-8-14(16)11-24-12-23-18-15(19(24)25)10-17(27-18)13-6-2-1-3-7-13/h1-10,12,20H,11H2. The molecule has 0 saturated heterocycles. The number of benzene rings is 2. The molecule has 2 heterocycles. The molecule has 2 aromatic carbocycles. The zero-order valence-corrected chi connectivity index (χ0v) is 14.8. The second-order valence-corrected chi connectivity index (χ2v) is 6.89. The van der Waals surface area contributed by atoms with E-state index in [0.29, 0.717) is 15.8 Å². The zero-order chi connectivity index (χ0) is 18.8. The van der Waals surface area contributed by atoms with Crippen molar-refractivity contribution in [2.45, 2.75) is 13.2 Å². The zero-order valence-electron chi connectivity index (χ0n) is 14.0. The number of para-hydroxylation sites is 1. The number of thiophene rings is 1. The topological polar surface area (TPSA) is 44.1 Å². The minimum absolute atomic E-state index is 0.0507. The Kier molecular flexibility index (Phi) is 4.68. The first-order valence-corrected chi connectivity index (χ1v) is 9.00. The van der Waals surface area contributed by atoms with Crippen molar-refractivity contribution in [3.63, 3.8) is 0 Å². The predicted octanol–water partition coefficient (Wildman–Crippen LogP) is 4.77. The average Bonchev–Trinajstić information content (AvgIpc) is 3.11. The van der Waals surface area contributed by atoms with Crippen molar-refractivity contribution >= 4 is 21.6 Å². The molecule has 0 aliphatic heterocycles. The molecule has 0 fully saturated rings. The van der Waals surface area contributed by atoms with E-state index in [2.05, 4.69) is 9.72 Å². The molecular weight excluding hydrogens is 370 g/mol. The molecule has 0 atom stereocenters. The van der Waals surface area contributed by atoms with E-state index in [-0.39, 0.29) is 17.9 Å². The van der Waals surface area contributed by atoms with Crippen LogP contribution in [0.5, 0.6) is 5.75 Å². The lowest BCUT2D eigenvalue weighted by Gasteiger charge is -2.11. The van der Waals surface area contributed by atoms with E-state index in [1.165, 1.54) is 28.3 Å². The van der Waals surface area contributed by atoms with Gasteiger partial charge in [-0.25, -0.2) is 4.98 Å². The van der Waals surface area contributed by atoms with E-state index in [0.717, 1.165) is 10.4 Å². The van der Waals surface area contributed by atoms with Crippen LogP contribution in [0.1, 0.15) is 5.56 Å². The molecule has 0 unspecified atom stereocenters. The van der Waals surface area contributed by atoms with Gasteiger partial charge in [0.1, 0.15) is 10.6 Å². The molecule has 7 heteroatoms. The van der Waals surface area contributed by atoms with Gasteiger partial charge in [0.25, 0.3) is 5.56 Å². The molecule has 0 radical (unpaired) electrons. The molecular formula is C20H14F2N2O2S. The number of rotatable bonds is 5. The van der Waals surface area contributed by atoms with Crippen LogP contribution >= 0.6 is 11.3 Å². The highest BCUT2D eigenvalue weighted by atomic mass is 32.1. The summed E-state index contributed by atoms with van der Waals surface area (Å²) < 4.78 is 31.1. The number of fused-ring (bicyclic) bond motifs is 1. The fourth-order valence-electron chi connectivity index (χ4n) is 2.85. The molecule has 0 aliphatic carbocycles. The molecule has 0 N–H and O–H groups in total. The third-order valence-corrected chi connectivity index (χ3v) is 5.20. The van der Waals surface area contributed by atoms with Gasteiger partial charge in [0.05, 0.1) is 18.3 Å². The molecule has 2 aromatic heterocycles. The lowest BCUT2D eigenvalue weighted by Crippen LogP contribution is -2.21. The van der Waals surface area contributed by atoms with Gasteiger partial charge in [-0.05, 0) is 17.7 Å². The minimum Gasteiger partial charge on any atom is -0.434 e. The monoisotopic (exact) mass is 384 g/mol. The van der Waals surface area contributed by atoms with Crippen LogP contribution in [-0.2, 0) is 6.54 Å². The highest BCUT2D eigenvalue weighted by Crippen LogP contribution is 2.30. The number of hydrogen-bond acceptors (Lipinski definition) is 4. The Hall–Kier alpha value is -3.06. The van der Waals surface area contributed by atoms with Crippen LogP contribution in [0.2, 0.25) is 0 Å². The van der Waals surface area contributed by atoms with Crippen LogP contribution in [0.3, 0.4) is 0 Å². The van der Waals surface area contributed by atoms with E-state index in [1.807, 2.05) is 36.4 Å². The highest BCUT2D eigenvalue weighted by Gasteiger charge is 2.13. The summed E-state index contributed by atoms with van der Waals surface area (Å²) in [7, 11) is 0. The van der Waals surface area contributed by atoms with Crippen LogP contribution < -0.4 is 10.3 Å². The number of alkyl halides is 2. The molecule has 136 valence electrons. The van der Waals surface area contributed by atoms with Crippen LogP contribution in [-0.4, -0.2) is 16.2 Å².